The van der Waals surface area contributed by atoms with E-state index in [1.54, 1.807) is 12.4 Å². The molecule has 0 aliphatic carbocycles. The summed E-state index contributed by atoms with van der Waals surface area (Å²) in [4.78, 5) is 14.1. The molecule has 3 nitrogen and oxygen atoms in total. The molecule has 0 N–H and O–H groups in total. The first-order valence-electron chi connectivity index (χ1n) is 9.96. The Morgan fingerprint density at radius 2 is 1.27 bits per heavy atom. The van der Waals surface area contributed by atoms with Gasteiger partial charge >= 0.3 is 0 Å². The molecule has 0 fully saturated rings. The summed E-state index contributed by atoms with van der Waals surface area (Å²) in [6.07, 6.45) is 3.60. The lowest BCUT2D eigenvalue weighted by Gasteiger charge is -2.13. The molecule has 6 aromatic rings. The molecule has 30 heavy (non-hydrogen) atoms. The van der Waals surface area contributed by atoms with Gasteiger partial charge in [-0.3, -0.25) is 4.98 Å². The number of hydrogen-bond acceptors (Lipinski definition) is 3. The van der Waals surface area contributed by atoms with E-state index in [0.29, 0.717) is 0 Å². The Hall–Kier alpha value is -4.11. The molecule has 3 heterocycles. The van der Waals surface area contributed by atoms with Crippen LogP contribution in [0.1, 0.15) is 0 Å². The maximum Gasteiger partial charge on any atom is 0.0722 e. The summed E-state index contributed by atoms with van der Waals surface area (Å²) in [7, 11) is 0. The van der Waals surface area contributed by atoms with Crippen LogP contribution in [0.4, 0.5) is 0 Å². The largest absolute Gasteiger partial charge is 0.265 e. The minimum absolute atomic E-state index is 0.921. The Kier molecular flexibility index (Phi) is 3.78. The number of benzene rings is 3. The molecule has 0 saturated heterocycles. The highest BCUT2D eigenvalue weighted by molar-refractivity contribution is 6.13. The van der Waals surface area contributed by atoms with Crippen LogP contribution in [0.5, 0.6) is 0 Å². The van der Waals surface area contributed by atoms with Crippen LogP contribution in [0.3, 0.4) is 0 Å². The fourth-order valence-electron chi connectivity index (χ4n) is 4.10. The van der Waals surface area contributed by atoms with Crippen molar-refractivity contribution in [3.63, 3.8) is 0 Å². The van der Waals surface area contributed by atoms with Gasteiger partial charge in [0.15, 0.2) is 0 Å². The molecule has 0 aliphatic rings. The second-order valence-corrected chi connectivity index (χ2v) is 7.36. The van der Waals surface area contributed by atoms with Crippen molar-refractivity contribution >= 4 is 32.6 Å². The molecule has 0 amide bonds. The molecular formula is C27H17N3. The maximum atomic E-state index is 5.00. The SMILES string of the molecule is c1ccc2nc(-c3cc(-c4ccncc4)nc4ccc5ccccc5c34)ccc2c1. The second kappa shape index (κ2) is 6.75. The highest BCUT2D eigenvalue weighted by Crippen LogP contribution is 2.36. The average molecular weight is 383 g/mol. The highest BCUT2D eigenvalue weighted by atomic mass is 14.7. The van der Waals surface area contributed by atoms with Crippen molar-refractivity contribution in [2.24, 2.45) is 0 Å². The minimum atomic E-state index is 0.921. The molecule has 0 atom stereocenters. The zero-order valence-corrected chi connectivity index (χ0v) is 16.2. The van der Waals surface area contributed by atoms with E-state index in [2.05, 4.69) is 71.7 Å². The van der Waals surface area contributed by atoms with Gasteiger partial charge in [0.05, 0.1) is 22.4 Å². The number of hydrogen-bond donors (Lipinski definition) is 0. The summed E-state index contributed by atoms with van der Waals surface area (Å²) >= 11 is 0. The zero-order chi connectivity index (χ0) is 19.9. The van der Waals surface area contributed by atoms with Crippen LogP contribution in [0.25, 0.3) is 55.1 Å². The van der Waals surface area contributed by atoms with Crippen molar-refractivity contribution in [2.75, 3.05) is 0 Å². The molecule has 0 radical (unpaired) electrons. The molecule has 0 saturated carbocycles. The van der Waals surface area contributed by atoms with Gasteiger partial charge in [0, 0.05) is 34.3 Å². The first kappa shape index (κ1) is 16.8. The smallest absolute Gasteiger partial charge is 0.0722 e. The van der Waals surface area contributed by atoms with Crippen molar-refractivity contribution in [2.45, 2.75) is 0 Å². The Bertz CT molecular complexity index is 1540. The monoisotopic (exact) mass is 383 g/mol. The first-order valence-corrected chi connectivity index (χ1v) is 9.96. The molecule has 3 heteroatoms. The molecule has 0 aliphatic heterocycles. The standard InChI is InChI=1S/C27H17N3/c1-3-7-21-18(5-1)9-12-25-27(21)22(17-26(30-25)20-13-15-28-16-14-20)24-11-10-19-6-2-4-8-23(19)29-24/h1-17H. The van der Waals surface area contributed by atoms with Gasteiger partial charge in [0.1, 0.15) is 0 Å². The van der Waals surface area contributed by atoms with Crippen LogP contribution in [0, 0.1) is 0 Å². The van der Waals surface area contributed by atoms with Gasteiger partial charge < -0.3 is 0 Å². The normalized spacial score (nSPS) is 11.3. The molecule has 140 valence electrons. The minimum Gasteiger partial charge on any atom is -0.265 e. The third-order valence-corrected chi connectivity index (χ3v) is 5.55. The van der Waals surface area contributed by atoms with Crippen LogP contribution in [-0.2, 0) is 0 Å². The zero-order valence-electron chi connectivity index (χ0n) is 16.2. The van der Waals surface area contributed by atoms with Crippen molar-refractivity contribution in [1.29, 1.82) is 0 Å². The Morgan fingerprint density at radius 3 is 2.17 bits per heavy atom. The van der Waals surface area contributed by atoms with E-state index in [-0.39, 0.29) is 0 Å². The number of aromatic nitrogens is 3. The van der Waals surface area contributed by atoms with Gasteiger partial charge in [-0.2, -0.15) is 0 Å². The van der Waals surface area contributed by atoms with E-state index < -0.39 is 0 Å². The summed E-state index contributed by atoms with van der Waals surface area (Å²) < 4.78 is 0. The molecule has 0 unspecified atom stereocenters. The molecule has 3 aromatic carbocycles. The van der Waals surface area contributed by atoms with Crippen LogP contribution >= 0.6 is 0 Å². The third-order valence-electron chi connectivity index (χ3n) is 5.55. The van der Waals surface area contributed by atoms with Gasteiger partial charge in [-0.25, -0.2) is 9.97 Å². The van der Waals surface area contributed by atoms with Crippen LogP contribution in [0.2, 0.25) is 0 Å². The number of pyridine rings is 3. The van der Waals surface area contributed by atoms with Gasteiger partial charge in [-0.05, 0) is 47.2 Å². The predicted octanol–water partition coefficient (Wildman–Crippen LogP) is 6.67. The lowest BCUT2D eigenvalue weighted by molar-refractivity contribution is 1.31. The quantitative estimate of drug-likeness (QED) is 0.314. The average Bonchev–Trinajstić information content (AvgIpc) is 2.83. The number of para-hydroxylation sites is 1. The summed E-state index contributed by atoms with van der Waals surface area (Å²) in [6.45, 7) is 0. The van der Waals surface area contributed by atoms with Crippen LogP contribution in [-0.4, -0.2) is 15.0 Å². The van der Waals surface area contributed by atoms with Crippen molar-refractivity contribution in [1.82, 2.24) is 15.0 Å². The molecular weight excluding hydrogens is 366 g/mol. The van der Waals surface area contributed by atoms with Crippen molar-refractivity contribution in [3.05, 3.63) is 103 Å². The van der Waals surface area contributed by atoms with E-state index in [4.69, 9.17) is 9.97 Å². The van der Waals surface area contributed by atoms with E-state index >= 15 is 0 Å². The molecule has 0 bridgehead atoms. The van der Waals surface area contributed by atoms with E-state index in [1.165, 1.54) is 10.8 Å². The molecule has 0 spiro atoms. The van der Waals surface area contributed by atoms with Crippen molar-refractivity contribution in [3.8, 4) is 22.5 Å². The second-order valence-electron chi connectivity index (χ2n) is 7.36. The predicted molar refractivity (Wildman–Crippen MR) is 123 cm³/mol. The van der Waals surface area contributed by atoms with Gasteiger partial charge in [0.25, 0.3) is 0 Å². The van der Waals surface area contributed by atoms with E-state index in [1.807, 2.05) is 24.3 Å². The van der Waals surface area contributed by atoms with Gasteiger partial charge in [0.2, 0.25) is 0 Å². The lowest BCUT2D eigenvalue weighted by atomic mass is 9.96. The highest BCUT2D eigenvalue weighted by Gasteiger charge is 2.14. The Morgan fingerprint density at radius 1 is 0.533 bits per heavy atom. The number of nitrogens with zero attached hydrogens (tertiary/aromatic N) is 3. The first-order chi connectivity index (χ1) is 14.9. The van der Waals surface area contributed by atoms with E-state index in [9.17, 15) is 0 Å². The van der Waals surface area contributed by atoms with Crippen LogP contribution < -0.4 is 0 Å². The summed E-state index contributed by atoms with van der Waals surface area (Å²) in [5, 5.41) is 4.66. The lowest BCUT2D eigenvalue weighted by Crippen LogP contribution is -1.93. The maximum absolute atomic E-state index is 5.00. The molecule has 6 rings (SSSR count). The van der Waals surface area contributed by atoms with Crippen LogP contribution in [0.15, 0.2) is 103 Å². The summed E-state index contributed by atoms with van der Waals surface area (Å²) in [5.74, 6) is 0. The molecule has 3 aromatic heterocycles. The van der Waals surface area contributed by atoms with Gasteiger partial charge in [-0.15, -0.1) is 0 Å². The Balaban J connectivity index is 1.73. The fourth-order valence-corrected chi connectivity index (χ4v) is 4.10. The van der Waals surface area contributed by atoms with Gasteiger partial charge in [-0.1, -0.05) is 54.6 Å². The van der Waals surface area contributed by atoms with E-state index in [0.717, 1.165) is 44.3 Å². The van der Waals surface area contributed by atoms with Crippen molar-refractivity contribution < 1.29 is 0 Å². The fraction of sp³-hybridized carbons (Fsp3) is 0. The number of rotatable bonds is 2. The Labute approximate surface area is 173 Å². The third kappa shape index (κ3) is 2.72. The topological polar surface area (TPSA) is 38.7 Å². The number of fused-ring (bicyclic) bond motifs is 4. The summed E-state index contributed by atoms with van der Waals surface area (Å²) in [5.41, 5.74) is 5.97. The summed E-state index contributed by atoms with van der Waals surface area (Å²) in [6, 6.07) is 31.3.